The third-order valence-electron chi connectivity index (χ3n) is 3.88. The molecule has 0 unspecified atom stereocenters. The van der Waals surface area contributed by atoms with Crippen LogP contribution in [0.2, 0.25) is 0 Å². The molecule has 24 heavy (non-hydrogen) atoms. The number of pyridine rings is 1. The maximum absolute atomic E-state index is 12.4. The number of nitrogens with zero attached hydrogens (tertiary/aromatic N) is 2. The van der Waals surface area contributed by atoms with Crippen LogP contribution < -0.4 is 20.3 Å². The molecule has 126 valence electrons. The molecule has 0 bridgehead atoms. The highest BCUT2D eigenvalue weighted by molar-refractivity contribution is 9.10. The van der Waals surface area contributed by atoms with Crippen LogP contribution in [0.15, 0.2) is 41.0 Å². The first-order valence-electron chi connectivity index (χ1n) is 7.74. The Morgan fingerprint density at radius 2 is 2.08 bits per heavy atom. The van der Waals surface area contributed by atoms with Crippen molar-refractivity contribution in [3.05, 3.63) is 46.6 Å². The van der Waals surface area contributed by atoms with Gasteiger partial charge in [0.2, 0.25) is 0 Å². The van der Waals surface area contributed by atoms with Gasteiger partial charge in [0.05, 0.1) is 24.6 Å². The van der Waals surface area contributed by atoms with Crippen molar-refractivity contribution < 1.29 is 9.53 Å². The van der Waals surface area contributed by atoms with Crippen molar-refractivity contribution in [1.82, 2.24) is 10.3 Å². The third-order valence-corrected chi connectivity index (χ3v) is 4.37. The number of hydrogen-bond acceptors (Lipinski definition) is 5. The summed E-state index contributed by atoms with van der Waals surface area (Å²) in [6, 6.07) is 9.08. The molecule has 1 aromatic carbocycles. The molecule has 1 aliphatic heterocycles. The summed E-state index contributed by atoms with van der Waals surface area (Å²) in [5.74, 6) is 0.782. The first kappa shape index (κ1) is 16.7. The average Bonchev–Trinajstić information content (AvgIpc) is 2.63. The second kappa shape index (κ2) is 7.63. The summed E-state index contributed by atoms with van der Waals surface area (Å²) in [4.78, 5) is 19.0. The van der Waals surface area contributed by atoms with E-state index in [4.69, 9.17) is 4.74 Å². The molecule has 1 aromatic heterocycles. The molecular weight excluding hydrogens is 372 g/mol. The first-order valence-corrected chi connectivity index (χ1v) is 8.53. The lowest BCUT2D eigenvalue weighted by molar-refractivity contribution is 0.102. The van der Waals surface area contributed by atoms with Gasteiger partial charge < -0.3 is 20.3 Å². The number of methoxy groups -OCH3 is 1. The monoisotopic (exact) mass is 390 g/mol. The lowest BCUT2D eigenvalue weighted by Gasteiger charge is -2.29. The Morgan fingerprint density at radius 1 is 1.29 bits per heavy atom. The fourth-order valence-corrected chi connectivity index (χ4v) is 2.95. The highest BCUT2D eigenvalue weighted by atomic mass is 79.9. The number of hydrogen-bond donors (Lipinski definition) is 2. The van der Waals surface area contributed by atoms with E-state index in [-0.39, 0.29) is 5.91 Å². The van der Waals surface area contributed by atoms with E-state index in [1.54, 1.807) is 31.5 Å². The van der Waals surface area contributed by atoms with Gasteiger partial charge >= 0.3 is 0 Å². The van der Waals surface area contributed by atoms with Crippen molar-refractivity contribution in [2.75, 3.05) is 43.5 Å². The summed E-state index contributed by atoms with van der Waals surface area (Å²) < 4.78 is 6.12. The number of piperazine rings is 1. The van der Waals surface area contributed by atoms with Crippen molar-refractivity contribution in [3.63, 3.8) is 0 Å². The standard InChI is InChI=1S/C17H19BrN4O2/c1-24-15-10-12(18)2-4-14(15)17(23)21-16-5-3-13(11-20-16)22-8-6-19-7-9-22/h2-5,10-11,19H,6-9H2,1H3,(H,20,21,23). The van der Waals surface area contributed by atoms with Gasteiger partial charge in [0, 0.05) is 30.7 Å². The van der Waals surface area contributed by atoms with Crippen molar-refractivity contribution in [2.45, 2.75) is 0 Å². The molecule has 0 radical (unpaired) electrons. The lowest BCUT2D eigenvalue weighted by Crippen LogP contribution is -2.43. The molecule has 0 atom stereocenters. The summed E-state index contributed by atoms with van der Waals surface area (Å²) in [5.41, 5.74) is 1.53. The molecule has 1 saturated heterocycles. The van der Waals surface area contributed by atoms with Crippen molar-refractivity contribution in [1.29, 1.82) is 0 Å². The molecule has 2 aromatic rings. The zero-order valence-electron chi connectivity index (χ0n) is 13.4. The van der Waals surface area contributed by atoms with Gasteiger partial charge in [-0.3, -0.25) is 4.79 Å². The molecule has 1 amide bonds. The Kier molecular flexibility index (Phi) is 5.32. The number of carbonyl (C=O) groups excluding carboxylic acids is 1. The van der Waals surface area contributed by atoms with Gasteiger partial charge in [0.25, 0.3) is 5.91 Å². The number of anilines is 2. The van der Waals surface area contributed by atoms with Crippen LogP contribution in [0.3, 0.4) is 0 Å². The Morgan fingerprint density at radius 3 is 2.75 bits per heavy atom. The number of benzene rings is 1. The van der Waals surface area contributed by atoms with Gasteiger partial charge in [-0.25, -0.2) is 4.98 Å². The van der Waals surface area contributed by atoms with Crippen LogP contribution in [0.1, 0.15) is 10.4 Å². The quantitative estimate of drug-likeness (QED) is 0.839. The molecule has 7 heteroatoms. The van der Waals surface area contributed by atoms with Gasteiger partial charge in [-0.15, -0.1) is 0 Å². The number of amides is 1. The number of ether oxygens (including phenoxy) is 1. The van der Waals surface area contributed by atoms with E-state index in [9.17, 15) is 4.79 Å². The SMILES string of the molecule is COc1cc(Br)ccc1C(=O)Nc1ccc(N2CCNCC2)cn1. The number of carbonyl (C=O) groups is 1. The van der Waals surface area contributed by atoms with Crippen LogP contribution in [-0.4, -0.2) is 44.2 Å². The summed E-state index contributed by atoms with van der Waals surface area (Å²) in [7, 11) is 1.54. The molecular formula is C17H19BrN4O2. The Labute approximate surface area is 149 Å². The highest BCUT2D eigenvalue weighted by Gasteiger charge is 2.14. The van der Waals surface area contributed by atoms with E-state index in [0.29, 0.717) is 17.1 Å². The van der Waals surface area contributed by atoms with Crippen LogP contribution in [-0.2, 0) is 0 Å². The van der Waals surface area contributed by atoms with E-state index in [2.05, 4.69) is 36.4 Å². The van der Waals surface area contributed by atoms with Gasteiger partial charge in [-0.05, 0) is 30.3 Å². The molecule has 0 saturated carbocycles. The molecule has 0 aliphatic carbocycles. The highest BCUT2D eigenvalue weighted by Crippen LogP contribution is 2.24. The first-order chi connectivity index (χ1) is 11.7. The van der Waals surface area contributed by atoms with Crippen LogP contribution in [0.25, 0.3) is 0 Å². The Bertz CT molecular complexity index is 715. The minimum Gasteiger partial charge on any atom is -0.496 e. The molecule has 1 fully saturated rings. The topological polar surface area (TPSA) is 66.5 Å². The zero-order valence-corrected chi connectivity index (χ0v) is 15.0. The second-order valence-corrected chi connectivity index (χ2v) is 6.35. The Hall–Kier alpha value is -2.12. The average molecular weight is 391 g/mol. The van der Waals surface area contributed by atoms with Gasteiger partial charge in [-0.1, -0.05) is 15.9 Å². The second-order valence-electron chi connectivity index (χ2n) is 5.44. The molecule has 2 N–H and O–H groups in total. The minimum absolute atomic E-state index is 0.248. The van der Waals surface area contributed by atoms with Gasteiger partial charge in [0.15, 0.2) is 0 Å². The molecule has 0 spiro atoms. The fourth-order valence-electron chi connectivity index (χ4n) is 2.61. The van der Waals surface area contributed by atoms with Crippen LogP contribution >= 0.6 is 15.9 Å². The molecule has 6 nitrogen and oxygen atoms in total. The zero-order chi connectivity index (χ0) is 16.9. The van der Waals surface area contributed by atoms with E-state index < -0.39 is 0 Å². The summed E-state index contributed by atoms with van der Waals surface area (Å²) in [6.07, 6.45) is 1.79. The number of halogens is 1. The predicted molar refractivity (Wildman–Crippen MR) is 98.0 cm³/mol. The molecule has 2 heterocycles. The van der Waals surface area contributed by atoms with Crippen LogP contribution in [0.5, 0.6) is 5.75 Å². The van der Waals surface area contributed by atoms with E-state index in [1.807, 2.05) is 12.1 Å². The third kappa shape index (κ3) is 3.85. The van der Waals surface area contributed by atoms with E-state index >= 15 is 0 Å². The summed E-state index contributed by atoms with van der Waals surface area (Å²) in [5, 5.41) is 6.13. The van der Waals surface area contributed by atoms with Gasteiger partial charge in [-0.2, -0.15) is 0 Å². The van der Waals surface area contributed by atoms with Crippen molar-refractivity contribution >= 4 is 33.3 Å². The number of nitrogens with one attached hydrogen (secondary N) is 2. The van der Waals surface area contributed by atoms with Gasteiger partial charge in [0.1, 0.15) is 11.6 Å². The number of aromatic nitrogens is 1. The molecule has 1 aliphatic rings. The lowest BCUT2D eigenvalue weighted by atomic mass is 10.2. The van der Waals surface area contributed by atoms with Crippen molar-refractivity contribution in [2.24, 2.45) is 0 Å². The fraction of sp³-hybridized carbons (Fsp3) is 0.294. The van der Waals surface area contributed by atoms with E-state index in [0.717, 1.165) is 36.3 Å². The number of rotatable bonds is 4. The Balaban J connectivity index is 1.70. The smallest absolute Gasteiger partial charge is 0.260 e. The summed E-state index contributed by atoms with van der Waals surface area (Å²) >= 11 is 3.37. The van der Waals surface area contributed by atoms with E-state index in [1.165, 1.54) is 0 Å². The molecule has 3 rings (SSSR count). The predicted octanol–water partition coefficient (Wildman–Crippen LogP) is 2.51. The van der Waals surface area contributed by atoms with Crippen LogP contribution in [0.4, 0.5) is 11.5 Å². The van der Waals surface area contributed by atoms with Crippen LogP contribution in [0, 0.1) is 0 Å². The minimum atomic E-state index is -0.248. The normalized spacial score (nSPS) is 14.3. The largest absolute Gasteiger partial charge is 0.496 e. The maximum Gasteiger partial charge on any atom is 0.260 e. The van der Waals surface area contributed by atoms with Crippen molar-refractivity contribution in [3.8, 4) is 5.75 Å². The summed E-state index contributed by atoms with van der Waals surface area (Å²) in [6.45, 7) is 3.87. The maximum atomic E-state index is 12.4.